The van der Waals surface area contributed by atoms with Crippen LogP contribution in [0.5, 0.6) is 0 Å². The Balaban J connectivity index is 2.29. The van der Waals surface area contributed by atoms with Crippen molar-refractivity contribution in [1.82, 2.24) is 0 Å². The van der Waals surface area contributed by atoms with E-state index in [1.807, 2.05) is 6.07 Å². The van der Waals surface area contributed by atoms with E-state index in [4.69, 9.17) is 15.2 Å². The monoisotopic (exact) mass is 391 g/mol. The average Bonchev–Trinajstić information content (AvgIpc) is 2.73. The number of nitrogens with zero attached hydrogens (tertiary/aromatic N) is 2. The highest BCUT2D eigenvalue weighted by molar-refractivity contribution is 5.99. The van der Waals surface area contributed by atoms with Gasteiger partial charge in [0.1, 0.15) is 17.4 Å². The van der Waals surface area contributed by atoms with E-state index in [9.17, 15) is 20.2 Å². The predicted octanol–water partition coefficient (Wildman–Crippen LogP) is 3.38. The Hall–Kier alpha value is -4.12. The van der Waals surface area contributed by atoms with Crippen LogP contribution in [0.1, 0.15) is 24.0 Å². The van der Waals surface area contributed by atoms with Crippen LogP contribution >= 0.6 is 0 Å². The summed E-state index contributed by atoms with van der Waals surface area (Å²) in [5.41, 5.74) is 6.78. The van der Waals surface area contributed by atoms with Crippen LogP contribution in [0.15, 0.2) is 71.6 Å². The Labute approximate surface area is 166 Å². The molecule has 2 N–H and O–H groups in total. The van der Waals surface area contributed by atoms with E-state index >= 15 is 0 Å². The molecule has 1 aliphatic heterocycles. The molecule has 0 amide bonds. The third kappa shape index (κ3) is 3.80. The summed E-state index contributed by atoms with van der Waals surface area (Å²) in [6, 6.07) is 16.5. The molecule has 0 spiro atoms. The lowest BCUT2D eigenvalue weighted by Crippen LogP contribution is -2.26. The fourth-order valence-electron chi connectivity index (χ4n) is 3.13. The molecule has 0 radical (unpaired) electrons. The summed E-state index contributed by atoms with van der Waals surface area (Å²) in [5, 5.41) is 20.9. The molecule has 0 saturated carbocycles. The van der Waals surface area contributed by atoms with Gasteiger partial charge in [0.05, 0.1) is 23.0 Å². The second kappa shape index (κ2) is 8.27. The fourth-order valence-corrected chi connectivity index (χ4v) is 3.13. The summed E-state index contributed by atoms with van der Waals surface area (Å²) in [6.45, 7) is 1.76. The van der Waals surface area contributed by atoms with Crippen LogP contribution in [-0.4, -0.2) is 17.5 Å². The first-order valence-corrected chi connectivity index (χ1v) is 8.76. The first-order valence-electron chi connectivity index (χ1n) is 8.76. The van der Waals surface area contributed by atoms with Gasteiger partial charge < -0.3 is 15.2 Å². The molecular weight excluding hydrogens is 374 g/mol. The van der Waals surface area contributed by atoms with Gasteiger partial charge in [0, 0.05) is 17.7 Å². The highest BCUT2D eigenvalue weighted by atomic mass is 16.6. The quantitative estimate of drug-likeness (QED) is 0.470. The van der Waals surface area contributed by atoms with Gasteiger partial charge in [0.25, 0.3) is 5.69 Å². The number of carbonyl (C=O) groups is 1. The minimum absolute atomic E-state index is 0.0202. The molecule has 146 valence electrons. The van der Waals surface area contributed by atoms with Crippen molar-refractivity contribution in [3.05, 3.63) is 92.9 Å². The number of nitriles is 1. The Morgan fingerprint density at radius 1 is 1.28 bits per heavy atom. The Kier molecular flexibility index (Phi) is 5.60. The number of nitro benzene ring substituents is 1. The zero-order chi connectivity index (χ0) is 21.0. The highest BCUT2D eigenvalue weighted by Gasteiger charge is 2.38. The minimum atomic E-state index is -0.970. The standard InChI is InChI=1S/C21H17N3O5/c1-2-28-21(25)18-17(14-9-6-10-15(11-14)24(26)27)16(12-22)20(23)29-19(18)13-7-4-3-5-8-13/h3-11,17H,2,23H2,1H3/t17-/m0/s1. The van der Waals surface area contributed by atoms with Crippen LogP contribution < -0.4 is 5.73 Å². The van der Waals surface area contributed by atoms with E-state index in [-0.39, 0.29) is 35.1 Å². The van der Waals surface area contributed by atoms with Crippen molar-refractivity contribution in [3.8, 4) is 6.07 Å². The number of benzene rings is 2. The van der Waals surface area contributed by atoms with E-state index in [0.29, 0.717) is 11.1 Å². The number of ether oxygens (including phenoxy) is 2. The fraction of sp³-hybridized carbons (Fsp3) is 0.143. The third-order valence-electron chi connectivity index (χ3n) is 4.37. The number of non-ortho nitro benzene ring substituents is 1. The van der Waals surface area contributed by atoms with E-state index in [1.165, 1.54) is 18.2 Å². The first-order chi connectivity index (χ1) is 14.0. The lowest BCUT2D eigenvalue weighted by atomic mass is 9.82. The summed E-state index contributed by atoms with van der Waals surface area (Å²) < 4.78 is 10.9. The summed E-state index contributed by atoms with van der Waals surface area (Å²) in [7, 11) is 0. The van der Waals surface area contributed by atoms with Crippen LogP contribution in [0.3, 0.4) is 0 Å². The number of allylic oxidation sites excluding steroid dienone is 1. The van der Waals surface area contributed by atoms with Crippen LogP contribution in [0.4, 0.5) is 5.69 Å². The zero-order valence-corrected chi connectivity index (χ0v) is 15.5. The molecule has 0 unspecified atom stereocenters. The molecule has 8 heteroatoms. The van der Waals surface area contributed by atoms with Crippen LogP contribution in [-0.2, 0) is 14.3 Å². The number of hydrogen-bond acceptors (Lipinski definition) is 7. The third-order valence-corrected chi connectivity index (χ3v) is 4.37. The topological polar surface area (TPSA) is 128 Å². The lowest BCUT2D eigenvalue weighted by molar-refractivity contribution is -0.384. The molecule has 0 aromatic heterocycles. The molecule has 0 aliphatic carbocycles. The molecule has 0 bridgehead atoms. The van der Waals surface area contributed by atoms with Gasteiger partial charge in [-0.25, -0.2) is 4.79 Å². The van der Waals surface area contributed by atoms with Crippen molar-refractivity contribution >= 4 is 17.4 Å². The maximum absolute atomic E-state index is 12.9. The average molecular weight is 391 g/mol. The predicted molar refractivity (Wildman–Crippen MR) is 104 cm³/mol. The molecule has 0 fully saturated rings. The van der Waals surface area contributed by atoms with Crippen molar-refractivity contribution in [3.63, 3.8) is 0 Å². The SMILES string of the molecule is CCOC(=O)C1=C(c2ccccc2)OC(N)=C(C#N)[C@@H]1c1cccc([N+](=O)[O-])c1. The number of rotatable bonds is 5. The van der Waals surface area contributed by atoms with Crippen LogP contribution in [0, 0.1) is 21.4 Å². The van der Waals surface area contributed by atoms with Crippen molar-refractivity contribution in [2.75, 3.05) is 6.61 Å². The van der Waals surface area contributed by atoms with Crippen molar-refractivity contribution in [1.29, 1.82) is 5.26 Å². The van der Waals surface area contributed by atoms with Gasteiger partial charge in [-0.3, -0.25) is 10.1 Å². The summed E-state index contributed by atoms with van der Waals surface area (Å²) in [4.78, 5) is 23.6. The Morgan fingerprint density at radius 2 is 2.00 bits per heavy atom. The molecule has 1 heterocycles. The maximum Gasteiger partial charge on any atom is 0.338 e. The van der Waals surface area contributed by atoms with Crippen molar-refractivity contribution in [2.45, 2.75) is 12.8 Å². The number of carbonyl (C=O) groups excluding carboxylic acids is 1. The second-order valence-corrected chi connectivity index (χ2v) is 6.11. The Morgan fingerprint density at radius 3 is 2.62 bits per heavy atom. The van der Waals surface area contributed by atoms with Gasteiger partial charge >= 0.3 is 5.97 Å². The largest absolute Gasteiger partial charge is 0.463 e. The molecule has 2 aromatic carbocycles. The number of nitrogens with two attached hydrogens (primary N) is 1. The second-order valence-electron chi connectivity index (χ2n) is 6.11. The number of nitro groups is 1. The van der Waals surface area contributed by atoms with Crippen LogP contribution in [0.25, 0.3) is 5.76 Å². The molecular formula is C21H17N3O5. The first kappa shape index (κ1) is 19.6. The zero-order valence-electron chi connectivity index (χ0n) is 15.5. The van der Waals surface area contributed by atoms with Crippen molar-refractivity contribution < 1.29 is 19.2 Å². The molecule has 3 rings (SSSR count). The van der Waals surface area contributed by atoms with Gasteiger partial charge in [0.2, 0.25) is 5.88 Å². The van der Waals surface area contributed by atoms with E-state index < -0.39 is 16.8 Å². The van der Waals surface area contributed by atoms with Crippen molar-refractivity contribution in [2.24, 2.45) is 5.73 Å². The van der Waals surface area contributed by atoms with E-state index in [0.717, 1.165) is 0 Å². The minimum Gasteiger partial charge on any atom is -0.463 e. The van der Waals surface area contributed by atoms with Gasteiger partial charge in [-0.05, 0) is 12.5 Å². The highest BCUT2D eigenvalue weighted by Crippen LogP contribution is 2.43. The molecule has 1 atom stereocenters. The lowest BCUT2D eigenvalue weighted by Gasteiger charge is -2.28. The van der Waals surface area contributed by atoms with E-state index in [1.54, 1.807) is 43.3 Å². The number of hydrogen-bond donors (Lipinski definition) is 1. The maximum atomic E-state index is 12.9. The molecule has 29 heavy (non-hydrogen) atoms. The summed E-state index contributed by atoms with van der Waals surface area (Å²) >= 11 is 0. The summed E-state index contributed by atoms with van der Waals surface area (Å²) in [6.07, 6.45) is 0. The number of esters is 1. The smallest absolute Gasteiger partial charge is 0.338 e. The van der Waals surface area contributed by atoms with Crippen LogP contribution in [0.2, 0.25) is 0 Å². The molecule has 2 aromatic rings. The van der Waals surface area contributed by atoms with Gasteiger partial charge in [-0.2, -0.15) is 5.26 Å². The molecule has 8 nitrogen and oxygen atoms in total. The molecule has 0 saturated heterocycles. The summed E-state index contributed by atoms with van der Waals surface area (Å²) in [5.74, 6) is -1.68. The Bertz CT molecular complexity index is 1070. The normalized spacial score (nSPS) is 16.1. The van der Waals surface area contributed by atoms with Gasteiger partial charge in [-0.1, -0.05) is 42.5 Å². The van der Waals surface area contributed by atoms with Gasteiger partial charge in [-0.15, -0.1) is 0 Å². The van der Waals surface area contributed by atoms with E-state index in [2.05, 4.69) is 0 Å². The van der Waals surface area contributed by atoms with Gasteiger partial charge in [0.15, 0.2) is 0 Å². The molecule has 1 aliphatic rings.